The van der Waals surface area contributed by atoms with Gasteiger partial charge in [-0.2, -0.15) is 0 Å². The molecule has 2 N–H and O–H groups in total. The number of carbonyl (C=O) groups is 2. The summed E-state index contributed by atoms with van der Waals surface area (Å²) in [7, 11) is 1.59. The lowest BCUT2D eigenvalue weighted by Crippen LogP contribution is -2.29. The Hall–Kier alpha value is -2.04. The van der Waals surface area contributed by atoms with Crippen molar-refractivity contribution >= 4 is 11.9 Å². The van der Waals surface area contributed by atoms with E-state index in [2.05, 4.69) is 5.32 Å². The van der Waals surface area contributed by atoms with Gasteiger partial charge < -0.3 is 15.2 Å². The third-order valence-electron chi connectivity index (χ3n) is 2.88. The molecule has 0 aromatic heterocycles. The van der Waals surface area contributed by atoms with Gasteiger partial charge in [-0.05, 0) is 31.0 Å². The second kappa shape index (κ2) is 7.41. The molecule has 0 aliphatic heterocycles. The maximum Gasteiger partial charge on any atom is 0.303 e. The second-order valence-electron chi connectivity index (χ2n) is 4.28. The number of hydrogen-bond donors (Lipinski definition) is 2. The Morgan fingerprint density at radius 2 is 1.95 bits per heavy atom. The molecule has 0 fully saturated rings. The van der Waals surface area contributed by atoms with E-state index in [4.69, 9.17) is 9.84 Å². The van der Waals surface area contributed by atoms with Crippen LogP contribution >= 0.6 is 0 Å². The van der Waals surface area contributed by atoms with Gasteiger partial charge in [-0.25, -0.2) is 0 Å². The number of rotatable bonds is 7. The lowest BCUT2D eigenvalue weighted by Gasteiger charge is -2.12. The number of benzene rings is 1. The zero-order valence-corrected chi connectivity index (χ0v) is 11.2. The number of amides is 1. The van der Waals surface area contributed by atoms with E-state index in [1.807, 2.05) is 31.2 Å². The van der Waals surface area contributed by atoms with Gasteiger partial charge in [-0.15, -0.1) is 0 Å². The molecule has 0 saturated carbocycles. The Morgan fingerprint density at radius 1 is 1.32 bits per heavy atom. The van der Waals surface area contributed by atoms with Crippen LogP contribution in [0.4, 0.5) is 0 Å². The van der Waals surface area contributed by atoms with Crippen LogP contribution in [0.5, 0.6) is 5.75 Å². The van der Waals surface area contributed by atoms with Crippen LogP contribution in [0.1, 0.15) is 31.2 Å². The Bertz CT molecular complexity index is 428. The molecule has 19 heavy (non-hydrogen) atoms. The maximum absolute atomic E-state index is 11.9. The average molecular weight is 265 g/mol. The molecule has 0 bridgehead atoms. The monoisotopic (exact) mass is 265 g/mol. The molecule has 0 saturated heterocycles. The normalized spacial score (nSPS) is 11.7. The topological polar surface area (TPSA) is 75.6 Å². The van der Waals surface area contributed by atoms with Crippen molar-refractivity contribution < 1.29 is 19.4 Å². The lowest BCUT2D eigenvalue weighted by molar-refractivity contribution is -0.137. The molecule has 1 aromatic carbocycles. The Balaban J connectivity index is 2.44. The van der Waals surface area contributed by atoms with Gasteiger partial charge >= 0.3 is 5.97 Å². The summed E-state index contributed by atoms with van der Waals surface area (Å²) < 4.78 is 5.06. The van der Waals surface area contributed by atoms with E-state index in [9.17, 15) is 9.59 Å². The molecule has 1 atom stereocenters. The molecule has 5 heteroatoms. The van der Waals surface area contributed by atoms with Crippen LogP contribution in [0.25, 0.3) is 0 Å². The summed E-state index contributed by atoms with van der Waals surface area (Å²) in [6.07, 6.45) is 0.508. The number of carbonyl (C=O) groups excluding carboxylic acids is 1. The largest absolute Gasteiger partial charge is 0.497 e. The van der Waals surface area contributed by atoms with Gasteiger partial charge in [0.2, 0.25) is 5.91 Å². The van der Waals surface area contributed by atoms with Gasteiger partial charge in [-0.3, -0.25) is 9.59 Å². The van der Waals surface area contributed by atoms with Crippen LogP contribution in [0.3, 0.4) is 0 Å². The fraction of sp³-hybridized carbons (Fsp3) is 0.429. The van der Waals surface area contributed by atoms with E-state index < -0.39 is 5.97 Å². The molecule has 0 aliphatic rings. The molecule has 0 aliphatic carbocycles. The molecule has 0 heterocycles. The Labute approximate surface area is 112 Å². The van der Waals surface area contributed by atoms with E-state index >= 15 is 0 Å². The van der Waals surface area contributed by atoms with E-state index in [-0.39, 0.29) is 18.2 Å². The number of nitrogens with one attached hydrogen (secondary N) is 1. The highest BCUT2D eigenvalue weighted by molar-refractivity contribution is 5.83. The van der Waals surface area contributed by atoms with Crippen molar-refractivity contribution in [1.29, 1.82) is 0 Å². The van der Waals surface area contributed by atoms with Gasteiger partial charge in [0.05, 0.1) is 13.0 Å². The first-order valence-electron chi connectivity index (χ1n) is 6.18. The van der Waals surface area contributed by atoms with E-state index in [1.165, 1.54) is 0 Å². The highest BCUT2D eigenvalue weighted by atomic mass is 16.5. The SMILES string of the molecule is COc1ccc(C(C)C(=O)NCCCC(=O)O)cc1. The third-order valence-corrected chi connectivity index (χ3v) is 2.88. The van der Waals surface area contributed by atoms with E-state index in [1.54, 1.807) is 7.11 Å². The van der Waals surface area contributed by atoms with Crippen molar-refractivity contribution in [2.45, 2.75) is 25.7 Å². The molecular weight excluding hydrogens is 246 g/mol. The minimum atomic E-state index is -0.850. The predicted molar refractivity (Wildman–Crippen MR) is 71.3 cm³/mol. The van der Waals surface area contributed by atoms with Gasteiger partial charge in [0.1, 0.15) is 5.75 Å². The molecule has 1 aromatic rings. The van der Waals surface area contributed by atoms with Crippen LogP contribution in [0, 0.1) is 0 Å². The van der Waals surface area contributed by atoms with Crippen LogP contribution < -0.4 is 10.1 Å². The fourth-order valence-corrected chi connectivity index (χ4v) is 1.65. The summed E-state index contributed by atoms with van der Waals surface area (Å²) in [6, 6.07) is 7.31. The van der Waals surface area contributed by atoms with Crippen LogP contribution in [-0.4, -0.2) is 30.6 Å². The fourth-order valence-electron chi connectivity index (χ4n) is 1.65. The van der Waals surface area contributed by atoms with Gasteiger partial charge in [0, 0.05) is 13.0 Å². The first-order chi connectivity index (χ1) is 9.04. The second-order valence-corrected chi connectivity index (χ2v) is 4.28. The van der Waals surface area contributed by atoms with E-state index in [0.29, 0.717) is 13.0 Å². The summed E-state index contributed by atoms with van der Waals surface area (Å²) in [5.41, 5.74) is 0.900. The van der Waals surface area contributed by atoms with Crippen molar-refractivity contribution in [3.63, 3.8) is 0 Å². The first-order valence-corrected chi connectivity index (χ1v) is 6.18. The Kier molecular flexibility index (Phi) is 5.85. The number of ether oxygens (including phenoxy) is 1. The van der Waals surface area contributed by atoms with E-state index in [0.717, 1.165) is 11.3 Å². The molecule has 104 valence electrons. The molecule has 1 amide bonds. The Morgan fingerprint density at radius 3 is 2.47 bits per heavy atom. The van der Waals surface area contributed by atoms with Crippen molar-refractivity contribution in [3.05, 3.63) is 29.8 Å². The zero-order chi connectivity index (χ0) is 14.3. The highest BCUT2D eigenvalue weighted by Crippen LogP contribution is 2.19. The summed E-state index contributed by atoms with van der Waals surface area (Å²) in [5.74, 6) is -0.471. The van der Waals surface area contributed by atoms with Gasteiger partial charge in [-0.1, -0.05) is 12.1 Å². The summed E-state index contributed by atoms with van der Waals surface area (Å²) in [5, 5.41) is 11.2. The lowest BCUT2D eigenvalue weighted by atomic mass is 10.0. The molecule has 1 unspecified atom stereocenters. The smallest absolute Gasteiger partial charge is 0.303 e. The molecule has 0 radical (unpaired) electrons. The summed E-state index contributed by atoms with van der Waals surface area (Å²) in [6.45, 7) is 2.19. The highest BCUT2D eigenvalue weighted by Gasteiger charge is 2.14. The minimum Gasteiger partial charge on any atom is -0.497 e. The van der Waals surface area contributed by atoms with Crippen molar-refractivity contribution in [2.24, 2.45) is 0 Å². The molecule has 1 rings (SSSR count). The number of aliphatic carboxylic acids is 1. The summed E-state index contributed by atoms with van der Waals surface area (Å²) >= 11 is 0. The average Bonchev–Trinajstić information content (AvgIpc) is 2.42. The van der Waals surface area contributed by atoms with Crippen LogP contribution in [0.15, 0.2) is 24.3 Å². The predicted octanol–water partition coefficient (Wildman–Crippen LogP) is 1.78. The minimum absolute atomic E-state index is 0.0667. The summed E-state index contributed by atoms with van der Waals surface area (Å²) in [4.78, 5) is 22.2. The number of methoxy groups -OCH3 is 1. The van der Waals surface area contributed by atoms with Crippen molar-refractivity contribution in [3.8, 4) is 5.75 Å². The van der Waals surface area contributed by atoms with Crippen LogP contribution in [-0.2, 0) is 9.59 Å². The van der Waals surface area contributed by atoms with Crippen molar-refractivity contribution in [2.75, 3.05) is 13.7 Å². The number of hydrogen-bond acceptors (Lipinski definition) is 3. The van der Waals surface area contributed by atoms with Crippen molar-refractivity contribution in [1.82, 2.24) is 5.32 Å². The number of carboxylic acid groups (broad SMARTS) is 1. The maximum atomic E-state index is 11.9. The van der Waals surface area contributed by atoms with Crippen LogP contribution in [0.2, 0.25) is 0 Å². The molecule has 5 nitrogen and oxygen atoms in total. The first kappa shape index (κ1) is 15.0. The standard InChI is InChI=1S/C14H19NO4/c1-10(11-5-7-12(19-2)8-6-11)14(18)15-9-3-4-13(16)17/h5-8,10H,3-4,9H2,1-2H3,(H,15,18)(H,16,17). The molecular formula is C14H19NO4. The number of carboxylic acids is 1. The van der Waals surface area contributed by atoms with Gasteiger partial charge in [0.25, 0.3) is 0 Å². The van der Waals surface area contributed by atoms with Gasteiger partial charge in [0.15, 0.2) is 0 Å². The molecule has 0 spiro atoms. The zero-order valence-electron chi connectivity index (χ0n) is 11.2. The quantitative estimate of drug-likeness (QED) is 0.737. The third kappa shape index (κ3) is 4.99.